The second kappa shape index (κ2) is 6.93. The van der Waals surface area contributed by atoms with Crippen molar-refractivity contribution in [3.05, 3.63) is 63.4 Å². The number of aromatic nitrogens is 1. The highest BCUT2D eigenvalue weighted by atomic mass is 35.5. The molecule has 1 amide bonds. The summed E-state index contributed by atoms with van der Waals surface area (Å²) >= 11 is 18.3. The Morgan fingerprint density at radius 1 is 1.15 bits per heavy atom. The number of benzene rings is 2. The van der Waals surface area contributed by atoms with Crippen molar-refractivity contribution in [1.29, 1.82) is 0 Å². The number of anilines is 1. The van der Waals surface area contributed by atoms with Crippen LogP contribution in [0, 0.1) is 0 Å². The number of rotatable bonds is 3. The average molecular weight is 422 g/mol. The van der Waals surface area contributed by atoms with Crippen LogP contribution in [0.25, 0.3) is 21.9 Å². The third kappa shape index (κ3) is 3.08. The molecule has 0 aliphatic carbocycles. The number of halogens is 3. The maximum absolute atomic E-state index is 13.0. The highest BCUT2D eigenvalue weighted by Crippen LogP contribution is 2.38. The number of pyridine rings is 1. The predicted octanol–water partition coefficient (Wildman–Crippen LogP) is 6.20. The van der Waals surface area contributed by atoms with E-state index in [-0.39, 0.29) is 15.9 Å². The lowest BCUT2D eigenvalue weighted by Crippen LogP contribution is -2.13. The largest absolute Gasteiger partial charge is 0.493 e. The van der Waals surface area contributed by atoms with E-state index in [9.17, 15) is 4.79 Å². The van der Waals surface area contributed by atoms with Gasteiger partial charge in [0.15, 0.2) is 16.5 Å². The minimum atomic E-state index is -0.415. The van der Waals surface area contributed by atoms with Crippen molar-refractivity contribution in [3.8, 4) is 5.75 Å². The maximum atomic E-state index is 13.0. The molecule has 0 atom stereocenters. The van der Waals surface area contributed by atoms with Gasteiger partial charge in [0, 0.05) is 22.0 Å². The molecule has 4 rings (SSSR count). The fourth-order valence-corrected chi connectivity index (χ4v) is 3.50. The Morgan fingerprint density at radius 2 is 1.96 bits per heavy atom. The lowest BCUT2D eigenvalue weighted by molar-refractivity contribution is 0.102. The van der Waals surface area contributed by atoms with Gasteiger partial charge < -0.3 is 14.5 Å². The molecule has 5 nitrogen and oxygen atoms in total. The summed E-state index contributed by atoms with van der Waals surface area (Å²) in [6.07, 6.45) is 1.46. The van der Waals surface area contributed by atoms with E-state index < -0.39 is 5.91 Å². The minimum Gasteiger partial charge on any atom is -0.493 e. The van der Waals surface area contributed by atoms with E-state index in [1.54, 1.807) is 36.4 Å². The Labute approximate surface area is 168 Å². The number of hydrogen-bond acceptors (Lipinski definition) is 4. The number of nitrogens with one attached hydrogen (secondary N) is 1. The second-order valence-corrected chi connectivity index (χ2v) is 6.88. The van der Waals surface area contributed by atoms with Gasteiger partial charge in [0.1, 0.15) is 5.58 Å². The molecule has 0 unspecified atom stereocenters. The summed E-state index contributed by atoms with van der Waals surface area (Å²) in [6, 6.07) is 10.0. The molecule has 0 saturated carbocycles. The lowest BCUT2D eigenvalue weighted by Gasteiger charge is -2.10. The van der Waals surface area contributed by atoms with Crippen LogP contribution in [-0.4, -0.2) is 18.0 Å². The summed E-state index contributed by atoms with van der Waals surface area (Å²) in [6.45, 7) is 0. The fourth-order valence-electron chi connectivity index (χ4n) is 2.89. The van der Waals surface area contributed by atoms with E-state index in [1.165, 1.54) is 13.3 Å². The number of carbonyl (C=O) groups is 1. The molecule has 4 aromatic rings. The van der Waals surface area contributed by atoms with E-state index in [2.05, 4.69) is 10.3 Å². The number of furan rings is 1. The first-order valence-corrected chi connectivity index (χ1v) is 8.93. The summed E-state index contributed by atoms with van der Waals surface area (Å²) in [7, 11) is 1.53. The summed E-state index contributed by atoms with van der Waals surface area (Å²) in [5, 5.41) is 4.90. The Hall–Kier alpha value is -2.47. The van der Waals surface area contributed by atoms with Gasteiger partial charge in [0.25, 0.3) is 5.91 Å². The Morgan fingerprint density at radius 3 is 2.70 bits per heavy atom. The normalized spacial score (nSPS) is 11.1. The zero-order valence-electron chi connectivity index (χ0n) is 13.8. The first-order valence-electron chi connectivity index (χ1n) is 7.79. The van der Waals surface area contributed by atoms with Crippen molar-refractivity contribution >= 4 is 68.3 Å². The number of methoxy groups -OCH3 is 1. The van der Waals surface area contributed by atoms with Crippen molar-refractivity contribution in [3.63, 3.8) is 0 Å². The van der Waals surface area contributed by atoms with Gasteiger partial charge >= 0.3 is 0 Å². The highest BCUT2D eigenvalue weighted by Gasteiger charge is 2.21. The molecular formula is C19H11Cl3N2O3. The highest BCUT2D eigenvalue weighted by molar-refractivity contribution is 6.39. The molecule has 2 aromatic carbocycles. The molecule has 0 saturated heterocycles. The number of hydrogen-bond donors (Lipinski definition) is 1. The van der Waals surface area contributed by atoms with Crippen LogP contribution in [0.1, 0.15) is 10.4 Å². The third-order valence-corrected chi connectivity index (χ3v) is 4.94. The van der Waals surface area contributed by atoms with Crippen molar-refractivity contribution < 1.29 is 13.9 Å². The average Bonchev–Trinajstić information content (AvgIpc) is 3.02. The quantitative estimate of drug-likeness (QED) is 0.400. The van der Waals surface area contributed by atoms with Gasteiger partial charge in [0.2, 0.25) is 0 Å². The summed E-state index contributed by atoms with van der Waals surface area (Å²) in [5.41, 5.74) is 1.64. The first kappa shape index (κ1) is 17.9. The van der Waals surface area contributed by atoms with E-state index in [0.29, 0.717) is 38.3 Å². The van der Waals surface area contributed by atoms with Crippen LogP contribution in [0.3, 0.4) is 0 Å². The third-order valence-electron chi connectivity index (χ3n) is 4.10. The van der Waals surface area contributed by atoms with Crippen molar-refractivity contribution in [2.45, 2.75) is 0 Å². The van der Waals surface area contributed by atoms with Crippen molar-refractivity contribution in [1.82, 2.24) is 4.98 Å². The van der Waals surface area contributed by atoms with Gasteiger partial charge in [0.05, 0.1) is 23.4 Å². The molecule has 0 spiro atoms. The fraction of sp³-hybridized carbons (Fsp3) is 0.0526. The summed E-state index contributed by atoms with van der Waals surface area (Å²) in [4.78, 5) is 16.9. The van der Waals surface area contributed by atoms with Gasteiger partial charge in [-0.25, -0.2) is 4.98 Å². The van der Waals surface area contributed by atoms with E-state index in [0.717, 1.165) is 0 Å². The number of ether oxygens (including phenoxy) is 1. The maximum Gasteiger partial charge on any atom is 0.256 e. The van der Waals surface area contributed by atoms with E-state index in [4.69, 9.17) is 44.0 Å². The van der Waals surface area contributed by atoms with Gasteiger partial charge in [-0.15, -0.1) is 0 Å². The molecule has 136 valence electrons. The van der Waals surface area contributed by atoms with Crippen LogP contribution in [0.2, 0.25) is 15.2 Å². The number of carbonyl (C=O) groups excluding carboxylic acids is 1. The Balaban J connectivity index is 1.92. The summed E-state index contributed by atoms with van der Waals surface area (Å²) in [5.74, 6) is 0.0912. The van der Waals surface area contributed by atoms with Crippen LogP contribution >= 0.6 is 34.8 Å². The SMILES string of the molecule is COc1ccc(C(=O)Nc2c(Cl)ccnc2Cl)c2c1oc1ccc(Cl)cc12. The minimum absolute atomic E-state index is 0.0979. The number of amides is 1. The summed E-state index contributed by atoms with van der Waals surface area (Å²) < 4.78 is 11.3. The molecule has 0 radical (unpaired) electrons. The molecule has 1 N–H and O–H groups in total. The molecule has 27 heavy (non-hydrogen) atoms. The van der Waals surface area contributed by atoms with Gasteiger partial charge in [-0.05, 0) is 36.4 Å². The van der Waals surface area contributed by atoms with Crippen LogP contribution in [0.4, 0.5) is 5.69 Å². The molecule has 2 aromatic heterocycles. The predicted molar refractivity (Wildman–Crippen MR) is 107 cm³/mol. The van der Waals surface area contributed by atoms with E-state index >= 15 is 0 Å². The zero-order valence-corrected chi connectivity index (χ0v) is 16.1. The molecule has 0 fully saturated rings. The van der Waals surface area contributed by atoms with Crippen molar-refractivity contribution in [2.75, 3.05) is 12.4 Å². The Kier molecular flexibility index (Phi) is 4.60. The van der Waals surface area contributed by atoms with Crippen LogP contribution < -0.4 is 10.1 Å². The van der Waals surface area contributed by atoms with Gasteiger partial charge in [-0.1, -0.05) is 34.8 Å². The second-order valence-electron chi connectivity index (χ2n) is 5.67. The molecule has 0 aliphatic rings. The van der Waals surface area contributed by atoms with E-state index in [1.807, 2.05) is 0 Å². The first-order chi connectivity index (χ1) is 13.0. The molecule has 0 aliphatic heterocycles. The Bertz CT molecular complexity index is 1180. The standard InChI is InChI=1S/C19H11Cl3N2O3/c1-26-14-5-3-10(19(25)24-16-12(21)6-7-23-18(16)22)15-11-8-9(20)2-4-13(11)27-17(14)15/h2-8H,1H3,(H,24,25). The molecular weight excluding hydrogens is 411 g/mol. The monoisotopic (exact) mass is 420 g/mol. The number of fused-ring (bicyclic) bond motifs is 3. The molecule has 0 bridgehead atoms. The lowest BCUT2D eigenvalue weighted by atomic mass is 10.0. The van der Waals surface area contributed by atoms with Gasteiger partial charge in [-0.3, -0.25) is 4.79 Å². The molecule has 2 heterocycles. The number of nitrogens with zero attached hydrogens (tertiary/aromatic N) is 1. The zero-order chi connectivity index (χ0) is 19.1. The topological polar surface area (TPSA) is 64.4 Å². The smallest absolute Gasteiger partial charge is 0.256 e. The molecule has 8 heteroatoms. The van der Waals surface area contributed by atoms with Gasteiger partial charge in [-0.2, -0.15) is 0 Å². The van der Waals surface area contributed by atoms with Crippen molar-refractivity contribution in [2.24, 2.45) is 0 Å². The van der Waals surface area contributed by atoms with Crippen LogP contribution in [-0.2, 0) is 0 Å². The van der Waals surface area contributed by atoms with Crippen LogP contribution in [0.15, 0.2) is 47.0 Å². The van der Waals surface area contributed by atoms with Crippen LogP contribution in [0.5, 0.6) is 5.75 Å².